The summed E-state index contributed by atoms with van der Waals surface area (Å²) in [4.78, 5) is 14.2. The summed E-state index contributed by atoms with van der Waals surface area (Å²) in [6.45, 7) is 0.506. The Bertz CT molecular complexity index is 376. The van der Waals surface area contributed by atoms with Crippen molar-refractivity contribution in [3.8, 4) is 0 Å². The summed E-state index contributed by atoms with van der Waals surface area (Å²) in [5.74, 6) is 0. The Kier molecular flexibility index (Phi) is 3.50. The van der Waals surface area contributed by atoms with Crippen molar-refractivity contribution in [2.75, 3.05) is 0 Å². The summed E-state index contributed by atoms with van der Waals surface area (Å²) in [6, 6.07) is 9.94. The molecule has 1 aliphatic carbocycles. The third-order valence-corrected chi connectivity index (χ3v) is 2.98. The summed E-state index contributed by atoms with van der Waals surface area (Å²) in [5, 5.41) is 0. The van der Waals surface area contributed by atoms with Crippen molar-refractivity contribution in [2.45, 2.75) is 38.0 Å². The molecule has 0 atom stereocenters. The van der Waals surface area contributed by atoms with Gasteiger partial charge in [-0.25, -0.2) is 4.79 Å². The molecule has 0 heterocycles. The van der Waals surface area contributed by atoms with Gasteiger partial charge in [0.15, 0.2) is 5.72 Å². The summed E-state index contributed by atoms with van der Waals surface area (Å²) in [7, 11) is 0. The van der Waals surface area contributed by atoms with Gasteiger partial charge in [-0.3, -0.25) is 0 Å². The second-order valence-corrected chi connectivity index (χ2v) is 4.13. The fourth-order valence-corrected chi connectivity index (χ4v) is 2.09. The van der Waals surface area contributed by atoms with Crippen molar-refractivity contribution in [3.05, 3.63) is 35.9 Å². The number of ether oxygens (including phenoxy) is 1. The molecule has 84 valence electrons. The molecule has 1 fully saturated rings. The number of carbonyl (C=O) groups excluding carboxylic acids is 1. The van der Waals surface area contributed by atoms with Crippen LogP contribution < -0.4 is 0 Å². The predicted molar refractivity (Wildman–Crippen MR) is 60.6 cm³/mol. The molecule has 1 saturated carbocycles. The van der Waals surface area contributed by atoms with Crippen LogP contribution in [0.4, 0.5) is 0 Å². The van der Waals surface area contributed by atoms with E-state index in [1.54, 1.807) is 6.08 Å². The Morgan fingerprint density at radius 3 is 2.56 bits per heavy atom. The van der Waals surface area contributed by atoms with Crippen molar-refractivity contribution in [1.82, 2.24) is 0 Å². The number of hydrogen-bond acceptors (Lipinski definition) is 3. The van der Waals surface area contributed by atoms with Crippen LogP contribution in [0, 0.1) is 0 Å². The first-order valence-electron chi connectivity index (χ1n) is 5.62. The first-order valence-corrected chi connectivity index (χ1v) is 5.62. The largest absolute Gasteiger partial charge is 0.348 e. The van der Waals surface area contributed by atoms with Gasteiger partial charge in [0.05, 0.1) is 6.61 Å². The van der Waals surface area contributed by atoms with Crippen molar-refractivity contribution in [3.63, 3.8) is 0 Å². The van der Waals surface area contributed by atoms with Crippen LogP contribution in [0.5, 0.6) is 0 Å². The second-order valence-electron chi connectivity index (χ2n) is 4.13. The maximum atomic E-state index is 10.4. The minimum Gasteiger partial charge on any atom is -0.348 e. The lowest BCUT2D eigenvalue weighted by molar-refractivity contribution is -0.0450. The lowest BCUT2D eigenvalue weighted by atomic mass is 10.2. The Labute approximate surface area is 95.2 Å². The maximum absolute atomic E-state index is 10.4. The Balaban J connectivity index is 2.00. The van der Waals surface area contributed by atoms with E-state index in [9.17, 15) is 4.79 Å². The second kappa shape index (κ2) is 5.06. The van der Waals surface area contributed by atoms with Gasteiger partial charge in [-0.15, -0.1) is 0 Å². The maximum Gasteiger partial charge on any atom is 0.237 e. The highest BCUT2D eigenvalue weighted by atomic mass is 16.5. The van der Waals surface area contributed by atoms with Gasteiger partial charge in [-0.05, 0) is 31.2 Å². The molecule has 0 aromatic heterocycles. The minimum absolute atomic E-state index is 0.506. The molecule has 1 aromatic rings. The molecule has 2 rings (SSSR count). The fourth-order valence-electron chi connectivity index (χ4n) is 2.09. The molecule has 0 N–H and O–H groups in total. The molecule has 0 bridgehead atoms. The molecule has 0 aliphatic heterocycles. The molecule has 0 spiro atoms. The number of benzene rings is 1. The Morgan fingerprint density at radius 2 is 1.94 bits per heavy atom. The van der Waals surface area contributed by atoms with E-state index in [0.717, 1.165) is 31.2 Å². The first-order chi connectivity index (χ1) is 7.85. The van der Waals surface area contributed by atoms with E-state index in [4.69, 9.17) is 4.74 Å². The van der Waals surface area contributed by atoms with Gasteiger partial charge < -0.3 is 4.74 Å². The molecular weight excluding hydrogens is 202 g/mol. The zero-order valence-corrected chi connectivity index (χ0v) is 9.19. The van der Waals surface area contributed by atoms with Gasteiger partial charge in [-0.1, -0.05) is 30.3 Å². The Hall–Kier alpha value is -1.44. The van der Waals surface area contributed by atoms with E-state index >= 15 is 0 Å². The van der Waals surface area contributed by atoms with Crippen molar-refractivity contribution in [2.24, 2.45) is 4.99 Å². The summed E-state index contributed by atoms with van der Waals surface area (Å²) in [6.07, 6.45) is 5.43. The molecular formula is C13H15NO2. The monoisotopic (exact) mass is 217 g/mol. The van der Waals surface area contributed by atoms with Crippen LogP contribution in [0.15, 0.2) is 35.3 Å². The lowest BCUT2D eigenvalue weighted by Crippen LogP contribution is -2.25. The van der Waals surface area contributed by atoms with Crippen LogP contribution in [0.25, 0.3) is 0 Å². The number of isocyanates is 1. The highest BCUT2D eigenvalue weighted by molar-refractivity contribution is 5.34. The molecule has 0 unspecified atom stereocenters. The first kappa shape index (κ1) is 11.1. The molecule has 1 aliphatic rings. The highest BCUT2D eigenvalue weighted by Crippen LogP contribution is 2.34. The SMILES string of the molecule is O=C=NC1(OCc2ccccc2)CCCC1. The molecule has 16 heavy (non-hydrogen) atoms. The van der Waals surface area contributed by atoms with Crippen molar-refractivity contribution >= 4 is 6.08 Å². The Morgan fingerprint density at radius 1 is 1.25 bits per heavy atom. The molecule has 3 heteroatoms. The van der Waals surface area contributed by atoms with Gasteiger partial charge >= 0.3 is 0 Å². The van der Waals surface area contributed by atoms with Crippen LogP contribution in [-0.4, -0.2) is 11.8 Å². The number of nitrogens with zero attached hydrogens (tertiary/aromatic N) is 1. The van der Waals surface area contributed by atoms with Crippen molar-refractivity contribution in [1.29, 1.82) is 0 Å². The van der Waals surface area contributed by atoms with E-state index in [1.807, 2.05) is 30.3 Å². The summed E-state index contributed by atoms with van der Waals surface area (Å²) >= 11 is 0. The van der Waals surface area contributed by atoms with Crippen molar-refractivity contribution < 1.29 is 9.53 Å². The summed E-state index contributed by atoms with van der Waals surface area (Å²) < 4.78 is 5.79. The standard InChI is InChI=1S/C13H15NO2/c15-11-14-13(8-4-5-9-13)16-10-12-6-2-1-3-7-12/h1-3,6-7H,4-5,8-10H2. The molecule has 1 aromatic carbocycles. The van der Waals surface area contributed by atoms with E-state index < -0.39 is 5.72 Å². The van der Waals surface area contributed by atoms with Gasteiger partial charge in [-0.2, -0.15) is 4.99 Å². The smallest absolute Gasteiger partial charge is 0.237 e. The van der Waals surface area contributed by atoms with Gasteiger partial charge in [0.2, 0.25) is 6.08 Å². The van der Waals surface area contributed by atoms with Crippen LogP contribution in [0.3, 0.4) is 0 Å². The fraction of sp³-hybridized carbons (Fsp3) is 0.462. The number of hydrogen-bond donors (Lipinski definition) is 0. The number of aliphatic imine (C=N–C) groups is 1. The van der Waals surface area contributed by atoms with Gasteiger partial charge in [0.25, 0.3) is 0 Å². The third-order valence-electron chi connectivity index (χ3n) is 2.98. The molecule has 0 saturated heterocycles. The zero-order chi connectivity index (χ0) is 11.3. The van der Waals surface area contributed by atoms with Crippen LogP contribution >= 0.6 is 0 Å². The molecule has 3 nitrogen and oxygen atoms in total. The zero-order valence-electron chi connectivity index (χ0n) is 9.19. The average Bonchev–Trinajstić information content (AvgIpc) is 2.78. The van der Waals surface area contributed by atoms with Crippen LogP contribution in [0.1, 0.15) is 31.2 Å². The van der Waals surface area contributed by atoms with E-state index in [0.29, 0.717) is 6.61 Å². The normalized spacial score (nSPS) is 18.0. The quantitative estimate of drug-likeness (QED) is 0.574. The predicted octanol–water partition coefficient (Wildman–Crippen LogP) is 2.81. The van der Waals surface area contributed by atoms with Crippen LogP contribution in [0.2, 0.25) is 0 Å². The van der Waals surface area contributed by atoms with Gasteiger partial charge in [0, 0.05) is 0 Å². The topological polar surface area (TPSA) is 38.7 Å². The minimum atomic E-state index is -0.600. The average molecular weight is 217 g/mol. The van der Waals surface area contributed by atoms with Gasteiger partial charge in [0.1, 0.15) is 0 Å². The van der Waals surface area contributed by atoms with E-state index in [2.05, 4.69) is 4.99 Å². The highest BCUT2D eigenvalue weighted by Gasteiger charge is 2.34. The van der Waals surface area contributed by atoms with E-state index in [1.165, 1.54) is 0 Å². The van der Waals surface area contributed by atoms with E-state index in [-0.39, 0.29) is 0 Å². The summed E-state index contributed by atoms with van der Waals surface area (Å²) in [5.41, 5.74) is 0.507. The van der Waals surface area contributed by atoms with Crippen LogP contribution in [-0.2, 0) is 16.1 Å². The number of rotatable bonds is 4. The third kappa shape index (κ3) is 2.57. The molecule has 0 radical (unpaired) electrons. The lowest BCUT2D eigenvalue weighted by Gasteiger charge is -2.22. The molecule has 0 amide bonds.